The number of fused-ring (bicyclic) bond motifs is 1. The van der Waals surface area contributed by atoms with Crippen LogP contribution < -0.4 is 15.0 Å². The summed E-state index contributed by atoms with van der Waals surface area (Å²) < 4.78 is 13.5. The summed E-state index contributed by atoms with van der Waals surface area (Å²) in [5, 5.41) is 0. The van der Waals surface area contributed by atoms with E-state index in [2.05, 4.69) is 43.0 Å². The van der Waals surface area contributed by atoms with E-state index >= 15 is 0 Å². The molecule has 204 valence electrons. The molecular formula is C32H37N3O4. The molecule has 1 amide bonds. The fraction of sp³-hybridized carbons (Fsp3) is 0.375. The minimum Gasteiger partial charge on any atom is -0.496 e. The third-order valence-electron chi connectivity index (χ3n) is 7.97. The lowest BCUT2D eigenvalue weighted by Crippen LogP contribution is -2.58. The molecule has 0 N–H and O–H groups in total. The summed E-state index contributed by atoms with van der Waals surface area (Å²) in [5.74, 6) is 1.74. The second-order valence-corrected chi connectivity index (χ2v) is 10.6. The summed E-state index contributed by atoms with van der Waals surface area (Å²) >= 11 is 0. The zero-order valence-corrected chi connectivity index (χ0v) is 23.4. The number of amides is 1. The highest BCUT2D eigenvalue weighted by Gasteiger charge is 2.30. The van der Waals surface area contributed by atoms with Crippen LogP contribution in [0.25, 0.3) is 28.3 Å². The Morgan fingerprint density at radius 3 is 2.36 bits per heavy atom. The van der Waals surface area contributed by atoms with E-state index in [4.69, 9.17) is 9.47 Å². The van der Waals surface area contributed by atoms with Gasteiger partial charge in [-0.15, -0.1) is 0 Å². The minimum absolute atomic E-state index is 0.0521. The molecule has 0 radical (unpaired) electrons. The molecule has 2 aliphatic rings. The predicted molar refractivity (Wildman–Crippen MR) is 155 cm³/mol. The normalized spacial score (nSPS) is 18.7. The third kappa shape index (κ3) is 5.36. The maximum atomic E-state index is 12.5. The molecule has 1 aliphatic heterocycles. The number of allylic oxidation sites excluding steroid dienone is 1. The Morgan fingerprint density at radius 2 is 1.69 bits per heavy atom. The SMILES string of the molecule is COc1cc(-c2ccc(OCCN3[C@H](C)CN(C(C)=O)C[C@@H]3C)cc2)ccc1-c1cn(C)c(=O)c2c1C=CC2. The molecule has 5 rings (SSSR count). The van der Waals surface area contributed by atoms with Crippen molar-refractivity contribution in [2.45, 2.75) is 39.3 Å². The van der Waals surface area contributed by atoms with Crippen molar-refractivity contribution >= 4 is 12.0 Å². The zero-order valence-electron chi connectivity index (χ0n) is 23.4. The molecule has 39 heavy (non-hydrogen) atoms. The van der Waals surface area contributed by atoms with Crippen LogP contribution in [0.4, 0.5) is 0 Å². The van der Waals surface area contributed by atoms with E-state index in [9.17, 15) is 9.59 Å². The molecule has 3 aromatic rings. The average molecular weight is 528 g/mol. The minimum atomic E-state index is 0.0521. The van der Waals surface area contributed by atoms with Gasteiger partial charge in [-0.2, -0.15) is 0 Å². The molecule has 1 fully saturated rings. The van der Waals surface area contributed by atoms with Gasteiger partial charge < -0.3 is 18.9 Å². The van der Waals surface area contributed by atoms with Crippen molar-refractivity contribution in [1.82, 2.24) is 14.4 Å². The second kappa shape index (κ2) is 11.1. The molecule has 7 nitrogen and oxygen atoms in total. The number of aryl methyl sites for hydroxylation is 1. The lowest BCUT2D eigenvalue weighted by atomic mass is 9.96. The fourth-order valence-electron chi connectivity index (χ4n) is 5.87. The number of piperazine rings is 1. The average Bonchev–Trinajstić information content (AvgIpc) is 3.42. The number of benzene rings is 2. The molecule has 0 unspecified atom stereocenters. The first kappa shape index (κ1) is 26.8. The maximum Gasteiger partial charge on any atom is 0.254 e. The molecule has 1 aromatic heterocycles. The first-order valence-corrected chi connectivity index (χ1v) is 13.6. The van der Waals surface area contributed by atoms with Crippen molar-refractivity contribution in [1.29, 1.82) is 0 Å². The summed E-state index contributed by atoms with van der Waals surface area (Å²) in [6.45, 7) is 8.92. The van der Waals surface area contributed by atoms with Crippen LogP contribution in [0, 0.1) is 0 Å². The van der Waals surface area contributed by atoms with Crippen molar-refractivity contribution in [3.8, 4) is 33.8 Å². The summed E-state index contributed by atoms with van der Waals surface area (Å²) in [6, 6.07) is 14.9. The molecule has 2 heterocycles. The Bertz CT molecular complexity index is 1450. The van der Waals surface area contributed by atoms with Gasteiger partial charge in [-0.1, -0.05) is 30.4 Å². The van der Waals surface area contributed by atoms with Gasteiger partial charge in [0.1, 0.15) is 18.1 Å². The van der Waals surface area contributed by atoms with Crippen LogP contribution in [0.15, 0.2) is 59.5 Å². The molecule has 1 aliphatic carbocycles. The summed E-state index contributed by atoms with van der Waals surface area (Å²) in [4.78, 5) is 28.7. The van der Waals surface area contributed by atoms with Crippen molar-refractivity contribution in [3.63, 3.8) is 0 Å². The number of hydrogen-bond acceptors (Lipinski definition) is 5. The molecule has 2 atom stereocenters. The van der Waals surface area contributed by atoms with Crippen LogP contribution in [0.1, 0.15) is 31.9 Å². The zero-order chi connectivity index (χ0) is 27.7. The number of pyridine rings is 1. The van der Waals surface area contributed by atoms with Crippen molar-refractivity contribution in [2.24, 2.45) is 7.05 Å². The fourth-order valence-corrected chi connectivity index (χ4v) is 5.87. The van der Waals surface area contributed by atoms with E-state index in [0.29, 0.717) is 25.1 Å². The van der Waals surface area contributed by atoms with Crippen LogP contribution in [0.3, 0.4) is 0 Å². The highest BCUT2D eigenvalue weighted by molar-refractivity contribution is 5.84. The highest BCUT2D eigenvalue weighted by Crippen LogP contribution is 2.38. The van der Waals surface area contributed by atoms with Gasteiger partial charge in [0.15, 0.2) is 0 Å². The lowest BCUT2D eigenvalue weighted by Gasteiger charge is -2.44. The Kier molecular flexibility index (Phi) is 7.62. The Labute approximate surface area is 230 Å². The molecule has 0 saturated carbocycles. The van der Waals surface area contributed by atoms with Crippen LogP contribution in [0.5, 0.6) is 11.5 Å². The number of methoxy groups -OCH3 is 1. The molecule has 2 aromatic carbocycles. The molecule has 0 bridgehead atoms. The molecule has 1 saturated heterocycles. The second-order valence-electron chi connectivity index (χ2n) is 10.6. The van der Waals surface area contributed by atoms with E-state index < -0.39 is 0 Å². The van der Waals surface area contributed by atoms with Crippen LogP contribution in [-0.4, -0.2) is 65.7 Å². The number of rotatable bonds is 7. The summed E-state index contributed by atoms with van der Waals surface area (Å²) in [7, 11) is 3.48. The van der Waals surface area contributed by atoms with Gasteiger partial charge in [-0.05, 0) is 61.2 Å². The Morgan fingerprint density at radius 1 is 1.00 bits per heavy atom. The van der Waals surface area contributed by atoms with E-state index in [1.54, 1.807) is 25.6 Å². The van der Waals surface area contributed by atoms with Gasteiger partial charge >= 0.3 is 0 Å². The molecule has 0 spiro atoms. The van der Waals surface area contributed by atoms with Crippen LogP contribution in [0.2, 0.25) is 0 Å². The summed E-state index contributed by atoms with van der Waals surface area (Å²) in [6.07, 6.45) is 6.63. The largest absolute Gasteiger partial charge is 0.496 e. The topological polar surface area (TPSA) is 64.0 Å². The van der Waals surface area contributed by atoms with E-state index in [1.807, 2.05) is 41.4 Å². The first-order valence-electron chi connectivity index (χ1n) is 13.6. The quantitative estimate of drug-likeness (QED) is 0.449. The number of hydrogen-bond donors (Lipinski definition) is 0. The number of nitrogens with zero attached hydrogens (tertiary/aromatic N) is 3. The lowest BCUT2D eigenvalue weighted by molar-refractivity contribution is -0.133. The van der Waals surface area contributed by atoms with Crippen LogP contribution in [-0.2, 0) is 18.3 Å². The molecular weight excluding hydrogens is 490 g/mol. The number of carbonyl (C=O) groups is 1. The maximum absolute atomic E-state index is 12.5. The molecule has 7 heteroatoms. The number of aromatic nitrogens is 1. The van der Waals surface area contributed by atoms with Gasteiger partial charge in [0.2, 0.25) is 5.91 Å². The highest BCUT2D eigenvalue weighted by atomic mass is 16.5. The smallest absolute Gasteiger partial charge is 0.254 e. The van der Waals surface area contributed by atoms with E-state index in [1.165, 1.54) is 0 Å². The van der Waals surface area contributed by atoms with Gasteiger partial charge in [-0.25, -0.2) is 0 Å². The van der Waals surface area contributed by atoms with E-state index in [-0.39, 0.29) is 11.5 Å². The van der Waals surface area contributed by atoms with Gasteiger partial charge in [-0.3, -0.25) is 14.5 Å². The van der Waals surface area contributed by atoms with Gasteiger partial charge in [0, 0.05) is 68.6 Å². The van der Waals surface area contributed by atoms with Crippen LogP contribution >= 0.6 is 0 Å². The third-order valence-corrected chi connectivity index (χ3v) is 7.97. The monoisotopic (exact) mass is 527 g/mol. The van der Waals surface area contributed by atoms with Crippen molar-refractivity contribution in [2.75, 3.05) is 33.4 Å². The van der Waals surface area contributed by atoms with E-state index in [0.717, 1.165) is 64.5 Å². The standard InChI is InChI=1S/C32H37N3O4/c1-21-18-34(23(3)36)19-22(2)35(21)15-16-39-26-12-9-24(10-13-26)25-11-14-28(31(17-25)38-5)30-20-33(4)32(37)29-8-6-7-27(29)30/h6-7,9-14,17,20-22H,8,15-16,18-19H2,1-5H3/t21-,22+. The van der Waals surface area contributed by atoms with Crippen molar-refractivity contribution in [3.05, 3.63) is 76.2 Å². The van der Waals surface area contributed by atoms with Crippen molar-refractivity contribution < 1.29 is 14.3 Å². The van der Waals surface area contributed by atoms with Gasteiger partial charge in [0.25, 0.3) is 5.56 Å². The Hall–Kier alpha value is -3.84. The van der Waals surface area contributed by atoms with Gasteiger partial charge in [0.05, 0.1) is 7.11 Å². The Balaban J connectivity index is 1.27. The summed E-state index contributed by atoms with van der Waals surface area (Å²) in [5.41, 5.74) is 5.95. The number of carbonyl (C=O) groups excluding carboxylic acids is 1. The first-order chi connectivity index (χ1) is 18.8. The number of ether oxygens (including phenoxy) is 2. The predicted octanol–water partition coefficient (Wildman–Crippen LogP) is 4.62.